The first-order valence-corrected chi connectivity index (χ1v) is 4.53. The van der Waals surface area contributed by atoms with Gasteiger partial charge in [0, 0.05) is 18.4 Å². The van der Waals surface area contributed by atoms with E-state index in [4.69, 9.17) is 0 Å². The number of hydrogen-bond donors (Lipinski definition) is 0. The zero-order valence-corrected chi connectivity index (χ0v) is 8.71. The summed E-state index contributed by atoms with van der Waals surface area (Å²) in [6.45, 7) is 13.6. The molecule has 72 valence electrons. The van der Waals surface area contributed by atoms with Gasteiger partial charge in [0.15, 0.2) is 0 Å². The summed E-state index contributed by atoms with van der Waals surface area (Å²) >= 11 is 0. The van der Waals surface area contributed by atoms with Gasteiger partial charge in [-0.2, -0.15) is 0 Å². The van der Waals surface area contributed by atoms with Crippen molar-refractivity contribution in [3.05, 3.63) is 49.4 Å². The average molecular weight is 177 g/mol. The van der Waals surface area contributed by atoms with Crippen molar-refractivity contribution in [2.45, 2.75) is 19.8 Å². The van der Waals surface area contributed by atoms with Gasteiger partial charge in [-0.15, -0.1) is 0 Å². The van der Waals surface area contributed by atoms with E-state index >= 15 is 0 Å². The topological polar surface area (TPSA) is 3.24 Å². The maximum atomic E-state index is 3.98. The molecule has 0 heterocycles. The fourth-order valence-corrected chi connectivity index (χ4v) is 0.950. The average Bonchev–Trinajstić information content (AvgIpc) is 2.13. The molecular weight excluding hydrogens is 158 g/mol. The number of rotatable bonds is 6. The van der Waals surface area contributed by atoms with Gasteiger partial charge < -0.3 is 4.90 Å². The largest absolute Gasteiger partial charge is 0.349 e. The summed E-state index contributed by atoms with van der Waals surface area (Å²) in [6, 6.07) is 0. The minimum atomic E-state index is 0.943. The summed E-state index contributed by atoms with van der Waals surface area (Å²) in [5.74, 6) is 0. The number of nitrogens with zero attached hydrogens (tertiary/aromatic N) is 1. The van der Waals surface area contributed by atoms with Crippen LogP contribution in [0.5, 0.6) is 0 Å². The van der Waals surface area contributed by atoms with Crippen LogP contribution in [0.15, 0.2) is 49.4 Å². The Morgan fingerprint density at radius 1 is 1.38 bits per heavy atom. The second-order valence-corrected chi connectivity index (χ2v) is 2.96. The maximum Gasteiger partial charge on any atom is 0.0332 e. The number of allylic oxidation sites excluding steroid dienone is 4. The monoisotopic (exact) mass is 177 g/mol. The second-order valence-electron chi connectivity index (χ2n) is 2.96. The molecule has 1 heteroatoms. The van der Waals surface area contributed by atoms with Crippen molar-refractivity contribution in [2.75, 3.05) is 7.05 Å². The lowest BCUT2D eigenvalue weighted by molar-refractivity contribution is 0.511. The zero-order valence-electron chi connectivity index (χ0n) is 8.71. The normalized spacial score (nSPS) is 10.0. The summed E-state index contributed by atoms with van der Waals surface area (Å²) < 4.78 is 0. The van der Waals surface area contributed by atoms with Crippen LogP contribution in [0.3, 0.4) is 0 Å². The predicted octanol–water partition coefficient (Wildman–Crippen LogP) is 3.49. The first kappa shape index (κ1) is 11.8. The Bertz CT molecular complexity index is 223. The molecule has 0 unspecified atom stereocenters. The van der Waals surface area contributed by atoms with Crippen molar-refractivity contribution in [1.82, 2.24) is 4.90 Å². The Hall–Kier alpha value is -1.24. The molecule has 0 bridgehead atoms. The van der Waals surface area contributed by atoms with E-state index in [1.807, 2.05) is 24.1 Å². The van der Waals surface area contributed by atoms with Crippen molar-refractivity contribution in [3.8, 4) is 0 Å². The Balaban J connectivity index is 4.16. The third-order valence-corrected chi connectivity index (χ3v) is 1.87. The van der Waals surface area contributed by atoms with E-state index in [1.54, 1.807) is 6.08 Å². The molecule has 0 aliphatic heterocycles. The molecule has 0 aromatic heterocycles. The van der Waals surface area contributed by atoms with Gasteiger partial charge in [0.05, 0.1) is 0 Å². The van der Waals surface area contributed by atoms with Gasteiger partial charge in [0.2, 0.25) is 0 Å². The van der Waals surface area contributed by atoms with E-state index in [-0.39, 0.29) is 0 Å². The van der Waals surface area contributed by atoms with Crippen molar-refractivity contribution in [2.24, 2.45) is 0 Å². The van der Waals surface area contributed by atoms with Crippen molar-refractivity contribution < 1.29 is 0 Å². The van der Waals surface area contributed by atoms with E-state index in [1.165, 1.54) is 0 Å². The van der Waals surface area contributed by atoms with Crippen LogP contribution in [-0.2, 0) is 0 Å². The lowest BCUT2D eigenvalue weighted by atomic mass is 10.2. The Morgan fingerprint density at radius 2 is 2.00 bits per heavy atom. The molecule has 0 fully saturated rings. The van der Waals surface area contributed by atoms with Gasteiger partial charge in [-0.1, -0.05) is 45.2 Å². The minimum Gasteiger partial charge on any atom is -0.349 e. The highest BCUT2D eigenvalue weighted by atomic mass is 15.1. The molecule has 0 aliphatic rings. The second kappa shape index (κ2) is 6.30. The first-order valence-electron chi connectivity index (χ1n) is 4.53. The van der Waals surface area contributed by atoms with Gasteiger partial charge in [-0.05, 0) is 12.5 Å². The summed E-state index contributed by atoms with van der Waals surface area (Å²) in [7, 11) is 1.98. The zero-order chi connectivity index (χ0) is 10.3. The maximum absolute atomic E-state index is 3.98. The number of hydrogen-bond acceptors (Lipinski definition) is 1. The van der Waals surface area contributed by atoms with Crippen molar-refractivity contribution in [1.29, 1.82) is 0 Å². The Labute approximate surface area is 81.8 Å². The Kier molecular flexibility index (Phi) is 5.69. The van der Waals surface area contributed by atoms with Gasteiger partial charge in [0.1, 0.15) is 0 Å². The van der Waals surface area contributed by atoms with E-state index in [0.717, 1.165) is 24.2 Å². The lowest BCUT2D eigenvalue weighted by Gasteiger charge is -2.21. The molecule has 0 aromatic carbocycles. The fourth-order valence-electron chi connectivity index (χ4n) is 0.950. The molecule has 0 aromatic rings. The standard InChI is InChI=1S/C12H19N/c1-6-8-10-12(4)13(5)11(3)9-7-2/h6,8,10H,1,3-4,7,9H2,2,5H3/b10-8-. The van der Waals surface area contributed by atoms with E-state index in [2.05, 4.69) is 26.7 Å². The molecule has 0 aliphatic carbocycles. The first-order chi connectivity index (χ1) is 6.13. The van der Waals surface area contributed by atoms with E-state index < -0.39 is 0 Å². The van der Waals surface area contributed by atoms with Crippen LogP contribution in [0.1, 0.15) is 19.8 Å². The van der Waals surface area contributed by atoms with Crippen molar-refractivity contribution >= 4 is 0 Å². The molecule has 0 saturated carbocycles. The minimum absolute atomic E-state index is 0.943. The van der Waals surface area contributed by atoms with Crippen LogP contribution in [-0.4, -0.2) is 11.9 Å². The summed E-state index contributed by atoms with van der Waals surface area (Å²) in [4.78, 5) is 2.00. The molecule has 0 atom stereocenters. The molecule has 0 N–H and O–H groups in total. The van der Waals surface area contributed by atoms with Gasteiger partial charge in [-0.25, -0.2) is 0 Å². The van der Waals surface area contributed by atoms with Gasteiger partial charge in [0.25, 0.3) is 0 Å². The quantitative estimate of drug-likeness (QED) is 0.561. The molecule has 0 radical (unpaired) electrons. The highest BCUT2D eigenvalue weighted by molar-refractivity contribution is 5.20. The molecular formula is C12H19N. The third-order valence-electron chi connectivity index (χ3n) is 1.87. The van der Waals surface area contributed by atoms with Crippen LogP contribution >= 0.6 is 0 Å². The summed E-state index contributed by atoms with van der Waals surface area (Å²) in [5, 5.41) is 0. The van der Waals surface area contributed by atoms with Crippen LogP contribution in [0, 0.1) is 0 Å². The van der Waals surface area contributed by atoms with E-state index in [9.17, 15) is 0 Å². The highest BCUT2D eigenvalue weighted by Gasteiger charge is 2.01. The molecule has 13 heavy (non-hydrogen) atoms. The lowest BCUT2D eigenvalue weighted by Crippen LogP contribution is -2.14. The van der Waals surface area contributed by atoms with Gasteiger partial charge in [-0.3, -0.25) is 0 Å². The SMILES string of the molecule is C=C/C=C\C(=C)N(C)C(=C)CCC. The van der Waals surface area contributed by atoms with E-state index in [0.29, 0.717) is 0 Å². The molecule has 0 saturated heterocycles. The Morgan fingerprint density at radius 3 is 2.46 bits per heavy atom. The summed E-state index contributed by atoms with van der Waals surface area (Å²) in [5.41, 5.74) is 2.04. The predicted molar refractivity (Wildman–Crippen MR) is 60.3 cm³/mol. The molecule has 1 nitrogen and oxygen atoms in total. The fraction of sp³-hybridized carbons (Fsp3) is 0.333. The highest BCUT2D eigenvalue weighted by Crippen LogP contribution is 2.12. The molecule has 0 amide bonds. The third kappa shape index (κ3) is 4.36. The summed E-state index contributed by atoms with van der Waals surface area (Å²) in [6.07, 6.45) is 7.66. The van der Waals surface area contributed by atoms with Crippen LogP contribution < -0.4 is 0 Å². The molecule has 0 rings (SSSR count). The molecule has 0 spiro atoms. The van der Waals surface area contributed by atoms with Crippen LogP contribution in [0.4, 0.5) is 0 Å². The van der Waals surface area contributed by atoms with Crippen LogP contribution in [0.25, 0.3) is 0 Å². The van der Waals surface area contributed by atoms with Crippen molar-refractivity contribution in [3.63, 3.8) is 0 Å². The smallest absolute Gasteiger partial charge is 0.0332 e. The van der Waals surface area contributed by atoms with Crippen LogP contribution in [0.2, 0.25) is 0 Å². The number of likely N-dealkylation sites (N-methyl/N-ethyl adjacent to an activating group) is 1. The van der Waals surface area contributed by atoms with Gasteiger partial charge >= 0.3 is 0 Å².